The maximum Gasteiger partial charge on any atom is 0.0747 e. The highest BCUT2D eigenvalue weighted by Crippen LogP contribution is 2.40. The summed E-state index contributed by atoms with van der Waals surface area (Å²) in [6.07, 6.45) is 3.60. The second-order valence-electron chi connectivity index (χ2n) is 5.07. The highest BCUT2D eigenvalue weighted by Gasteiger charge is 2.22. The van der Waals surface area contributed by atoms with Crippen LogP contribution in [0.1, 0.15) is 36.4 Å². The van der Waals surface area contributed by atoms with Crippen LogP contribution >= 0.6 is 23.2 Å². The van der Waals surface area contributed by atoms with Crippen molar-refractivity contribution in [2.75, 3.05) is 24.6 Å². The number of nitrogens with zero attached hydrogens (tertiary/aromatic N) is 1. The number of aliphatic hydroxyl groups excluding tert-OH is 1. The predicted molar refractivity (Wildman–Crippen MR) is 81.3 cm³/mol. The standard InChI is InChI=1S/C14H20Cl2N2O/c1-9-10(12(17)8-19)7-11(15)14(13(9)16)18-5-3-2-4-6-18/h7,12,19H,2-6,8,17H2,1H3/t12-/m0/s1. The first-order valence-electron chi connectivity index (χ1n) is 6.66. The molecule has 0 radical (unpaired) electrons. The van der Waals surface area contributed by atoms with Gasteiger partial charge in [-0.1, -0.05) is 23.2 Å². The van der Waals surface area contributed by atoms with Gasteiger partial charge in [-0.2, -0.15) is 0 Å². The number of rotatable bonds is 3. The minimum atomic E-state index is -0.439. The van der Waals surface area contributed by atoms with E-state index in [2.05, 4.69) is 4.90 Å². The third-order valence-electron chi connectivity index (χ3n) is 3.75. The van der Waals surface area contributed by atoms with Crippen molar-refractivity contribution in [1.82, 2.24) is 0 Å². The second-order valence-corrected chi connectivity index (χ2v) is 5.86. The number of hydrogen-bond acceptors (Lipinski definition) is 3. The van der Waals surface area contributed by atoms with Crippen LogP contribution in [0.2, 0.25) is 10.0 Å². The lowest BCUT2D eigenvalue weighted by Crippen LogP contribution is -2.30. The van der Waals surface area contributed by atoms with E-state index in [-0.39, 0.29) is 6.61 Å². The molecule has 1 aliphatic heterocycles. The number of benzene rings is 1. The molecule has 1 atom stereocenters. The second kappa shape index (κ2) is 6.31. The molecule has 19 heavy (non-hydrogen) atoms. The Bertz CT molecular complexity index is 459. The van der Waals surface area contributed by atoms with Crippen LogP contribution in [0, 0.1) is 6.92 Å². The van der Waals surface area contributed by atoms with E-state index in [1.54, 1.807) is 0 Å². The zero-order valence-electron chi connectivity index (χ0n) is 11.1. The first-order valence-corrected chi connectivity index (χ1v) is 7.41. The zero-order chi connectivity index (χ0) is 14.0. The van der Waals surface area contributed by atoms with Crippen molar-refractivity contribution in [2.45, 2.75) is 32.2 Å². The molecule has 2 rings (SSSR count). The van der Waals surface area contributed by atoms with Gasteiger partial charge in [0.25, 0.3) is 0 Å². The van der Waals surface area contributed by atoms with Gasteiger partial charge >= 0.3 is 0 Å². The first kappa shape index (κ1) is 14.9. The number of aliphatic hydroxyl groups is 1. The van der Waals surface area contributed by atoms with E-state index in [0.29, 0.717) is 10.0 Å². The predicted octanol–water partition coefficient (Wildman–Crippen LogP) is 3.28. The molecule has 0 bridgehead atoms. The van der Waals surface area contributed by atoms with Gasteiger partial charge in [-0.3, -0.25) is 0 Å². The number of nitrogens with two attached hydrogens (primary N) is 1. The van der Waals surface area contributed by atoms with Crippen molar-refractivity contribution in [3.05, 3.63) is 27.2 Å². The smallest absolute Gasteiger partial charge is 0.0747 e. The van der Waals surface area contributed by atoms with Gasteiger partial charge in [-0.05, 0) is 43.4 Å². The minimum absolute atomic E-state index is 0.115. The van der Waals surface area contributed by atoms with Crippen molar-refractivity contribution in [2.24, 2.45) is 5.73 Å². The number of piperidine rings is 1. The van der Waals surface area contributed by atoms with Crippen LogP contribution in [0.4, 0.5) is 5.69 Å². The number of anilines is 1. The Morgan fingerprint density at radius 3 is 2.53 bits per heavy atom. The van der Waals surface area contributed by atoms with E-state index in [1.165, 1.54) is 19.3 Å². The fourth-order valence-corrected chi connectivity index (χ4v) is 3.32. The van der Waals surface area contributed by atoms with Gasteiger partial charge in [0.2, 0.25) is 0 Å². The zero-order valence-corrected chi connectivity index (χ0v) is 12.6. The van der Waals surface area contributed by atoms with Gasteiger partial charge in [0, 0.05) is 13.1 Å². The average Bonchev–Trinajstić information content (AvgIpc) is 2.43. The molecule has 0 amide bonds. The summed E-state index contributed by atoms with van der Waals surface area (Å²) in [5.41, 5.74) is 8.52. The highest BCUT2D eigenvalue weighted by atomic mass is 35.5. The lowest BCUT2D eigenvalue weighted by atomic mass is 10.00. The van der Waals surface area contributed by atoms with Crippen LogP contribution in [0.5, 0.6) is 0 Å². The summed E-state index contributed by atoms with van der Waals surface area (Å²) >= 11 is 12.9. The molecule has 0 aliphatic carbocycles. The Kier molecular flexibility index (Phi) is 4.96. The monoisotopic (exact) mass is 302 g/mol. The Labute approximate surface area is 124 Å². The summed E-state index contributed by atoms with van der Waals surface area (Å²) in [5.74, 6) is 0. The molecule has 5 heteroatoms. The largest absolute Gasteiger partial charge is 0.394 e. The molecule has 1 aromatic carbocycles. The van der Waals surface area contributed by atoms with Crippen LogP contribution in [-0.2, 0) is 0 Å². The fraction of sp³-hybridized carbons (Fsp3) is 0.571. The molecule has 0 spiro atoms. The van der Waals surface area contributed by atoms with Gasteiger partial charge in [-0.25, -0.2) is 0 Å². The lowest BCUT2D eigenvalue weighted by molar-refractivity contribution is 0.267. The molecule has 106 valence electrons. The number of halogens is 2. The van der Waals surface area contributed by atoms with Crippen LogP contribution in [0.25, 0.3) is 0 Å². The van der Waals surface area contributed by atoms with Crippen LogP contribution < -0.4 is 10.6 Å². The average molecular weight is 303 g/mol. The van der Waals surface area contributed by atoms with Crippen molar-refractivity contribution >= 4 is 28.9 Å². The summed E-state index contributed by atoms with van der Waals surface area (Å²) in [5, 5.41) is 10.5. The van der Waals surface area contributed by atoms with E-state index >= 15 is 0 Å². The quantitative estimate of drug-likeness (QED) is 0.901. The Morgan fingerprint density at radius 2 is 1.95 bits per heavy atom. The van der Waals surface area contributed by atoms with E-state index in [1.807, 2.05) is 13.0 Å². The third kappa shape index (κ3) is 3.00. The van der Waals surface area contributed by atoms with Crippen molar-refractivity contribution in [1.29, 1.82) is 0 Å². The topological polar surface area (TPSA) is 49.5 Å². The maximum atomic E-state index is 9.19. The minimum Gasteiger partial charge on any atom is -0.394 e. The van der Waals surface area contributed by atoms with E-state index < -0.39 is 6.04 Å². The van der Waals surface area contributed by atoms with E-state index in [4.69, 9.17) is 28.9 Å². The highest BCUT2D eigenvalue weighted by molar-refractivity contribution is 6.39. The summed E-state index contributed by atoms with van der Waals surface area (Å²) in [7, 11) is 0. The summed E-state index contributed by atoms with van der Waals surface area (Å²) in [4.78, 5) is 2.25. The Morgan fingerprint density at radius 1 is 1.32 bits per heavy atom. The summed E-state index contributed by atoms with van der Waals surface area (Å²) < 4.78 is 0. The molecule has 0 aromatic heterocycles. The molecule has 3 N–H and O–H groups in total. The maximum absolute atomic E-state index is 9.19. The molecule has 0 unspecified atom stereocenters. The Balaban J connectivity index is 2.42. The van der Waals surface area contributed by atoms with Crippen molar-refractivity contribution in [3.8, 4) is 0 Å². The van der Waals surface area contributed by atoms with Gasteiger partial charge in [0.1, 0.15) is 0 Å². The normalized spacial score (nSPS) is 17.6. The molecule has 1 aliphatic rings. The SMILES string of the molecule is Cc1c([C@@H](N)CO)cc(Cl)c(N2CCCCC2)c1Cl. The summed E-state index contributed by atoms with van der Waals surface area (Å²) in [6, 6.07) is 1.40. The number of hydrogen-bond donors (Lipinski definition) is 2. The van der Waals surface area contributed by atoms with Gasteiger partial charge in [-0.15, -0.1) is 0 Å². The first-order chi connectivity index (χ1) is 9.06. The molecule has 1 heterocycles. The fourth-order valence-electron chi connectivity index (χ4n) is 2.61. The van der Waals surface area contributed by atoms with E-state index in [0.717, 1.165) is 29.9 Å². The van der Waals surface area contributed by atoms with Crippen molar-refractivity contribution < 1.29 is 5.11 Å². The van der Waals surface area contributed by atoms with Crippen LogP contribution in [0.15, 0.2) is 6.07 Å². The van der Waals surface area contributed by atoms with Crippen LogP contribution in [0.3, 0.4) is 0 Å². The molecular weight excluding hydrogens is 283 g/mol. The third-order valence-corrected chi connectivity index (χ3v) is 4.50. The van der Waals surface area contributed by atoms with Gasteiger partial charge in [0.15, 0.2) is 0 Å². The molecule has 1 fully saturated rings. The molecular formula is C14H20Cl2N2O. The van der Waals surface area contributed by atoms with Crippen molar-refractivity contribution in [3.63, 3.8) is 0 Å². The molecule has 1 aromatic rings. The molecule has 0 saturated carbocycles. The van der Waals surface area contributed by atoms with Crippen LogP contribution in [-0.4, -0.2) is 24.8 Å². The van der Waals surface area contributed by atoms with Gasteiger partial charge in [0.05, 0.1) is 28.4 Å². The molecule has 3 nitrogen and oxygen atoms in total. The molecule has 1 saturated heterocycles. The Hall–Kier alpha value is -0.480. The van der Waals surface area contributed by atoms with E-state index in [9.17, 15) is 5.11 Å². The lowest BCUT2D eigenvalue weighted by Gasteiger charge is -2.31. The summed E-state index contributed by atoms with van der Waals surface area (Å²) in [6.45, 7) is 3.79. The van der Waals surface area contributed by atoms with Gasteiger partial charge < -0.3 is 15.7 Å².